The molecule has 0 amide bonds. The van der Waals surface area contributed by atoms with Gasteiger partial charge in [0.2, 0.25) is 0 Å². The second-order valence-electron chi connectivity index (χ2n) is 3.92. The van der Waals surface area contributed by atoms with E-state index >= 15 is 0 Å². The molecule has 7 heteroatoms. The Labute approximate surface area is 134 Å². The summed E-state index contributed by atoms with van der Waals surface area (Å²) >= 11 is 7.06. The van der Waals surface area contributed by atoms with Crippen molar-refractivity contribution in [2.24, 2.45) is 5.73 Å². The minimum absolute atomic E-state index is 0. The monoisotopic (exact) mass is 336 g/mol. The largest absolute Gasteiger partial charge is 0.492 e. The number of carbonyl (C=O) groups excluding carboxylic acids is 1. The van der Waals surface area contributed by atoms with Gasteiger partial charge in [0, 0.05) is 5.56 Å². The maximum atomic E-state index is 11.8. The summed E-state index contributed by atoms with van der Waals surface area (Å²) in [5, 5.41) is 7.42. The first kappa shape index (κ1) is 19.1. The number of nitrogens with two attached hydrogens (primary N) is 1. The highest BCUT2D eigenvalue weighted by molar-refractivity contribution is 8.14. The van der Waals surface area contributed by atoms with Gasteiger partial charge in [0.25, 0.3) is 0 Å². The number of nitrogens with one attached hydrogen (secondary N) is 1. The van der Waals surface area contributed by atoms with Gasteiger partial charge < -0.3 is 10.5 Å². The van der Waals surface area contributed by atoms with Crippen molar-refractivity contribution in [2.45, 2.75) is 19.8 Å². The summed E-state index contributed by atoms with van der Waals surface area (Å²) in [7, 11) is 0. The van der Waals surface area contributed by atoms with Crippen LogP contribution in [0.15, 0.2) is 18.2 Å². The van der Waals surface area contributed by atoms with Gasteiger partial charge in [0.15, 0.2) is 11.0 Å². The quantitative estimate of drug-likeness (QED) is 0.344. The number of halogens is 2. The van der Waals surface area contributed by atoms with Gasteiger partial charge in [-0.1, -0.05) is 36.7 Å². The third kappa shape index (κ3) is 6.50. The molecule has 0 fully saturated rings. The second kappa shape index (κ2) is 9.91. The van der Waals surface area contributed by atoms with E-state index in [0.717, 1.165) is 24.6 Å². The molecule has 0 bridgehead atoms. The summed E-state index contributed by atoms with van der Waals surface area (Å²) in [5.41, 5.74) is 5.69. The molecule has 20 heavy (non-hydrogen) atoms. The second-order valence-corrected chi connectivity index (χ2v) is 5.35. The number of ketones is 1. The number of carbonyl (C=O) groups is 1. The molecule has 0 aromatic heterocycles. The molecule has 0 saturated carbocycles. The number of Topliss-reactive ketones (excluding diaryl/α,β-unsaturated/α-hetero) is 1. The molecule has 0 aliphatic rings. The SMILES string of the molecule is CCCCOc1ccc(C(=O)CSC(=N)N)cc1Cl.Cl. The molecule has 112 valence electrons. The van der Waals surface area contributed by atoms with Crippen molar-refractivity contribution in [3.05, 3.63) is 28.8 Å². The van der Waals surface area contributed by atoms with Gasteiger partial charge in [0.05, 0.1) is 17.4 Å². The van der Waals surface area contributed by atoms with Gasteiger partial charge >= 0.3 is 0 Å². The van der Waals surface area contributed by atoms with E-state index in [1.54, 1.807) is 18.2 Å². The van der Waals surface area contributed by atoms with Crippen LogP contribution in [0.25, 0.3) is 0 Å². The van der Waals surface area contributed by atoms with Crippen molar-refractivity contribution < 1.29 is 9.53 Å². The Balaban J connectivity index is 0.00000361. The summed E-state index contributed by atoms with van der Waals surface area (Å²) in [6.07, 6.45) is 2.02. The maximum absolute atomic E-state index is 11.8. The molecule has 1 rings (SSSR count). The van der Waals surface area contributed by atoms with E-state index in [0.29, 0.717) is 22.9 Å². The smallest absolute Gasteiger partial charge is 0.173 e. The summed E-state index contributed by atoms with van der Waals surface area (Å²) in [4.78, 5) is 11.8. The Morgan fingerprint density at radius 3 is 2.75 bits per heavy atom. The van der Waals surface area contributed by atoms with Crippen LogP contribution in [-0.4, -0.2) is 23.3 Å². The van der Waals surface area contributed by atoms with Crippen LogP contribution >= 0.6 is 35.8 Å². The predicted molar refractivity (Wildman–Crippen MR) is 87.8 cm³/mol. The lowest BCUT2D eigenvalue weighted by Crippen LogP contribution is -2.10. The Morgan fingerprint density at radius 2 is 2.20 bits per heavy atom. The fourth-order valence-electron chi connectivity index (χ4n) is 1.34. The van der Waals surface area contributed by atoms with Gasteiger partial charge in [-0.25, -0.2) is 0 Å². The Hall–Kier alpha value is -0.910. The molecule has 0 heterocycles. The minimum Gasteiger partial charge on any atom is -0.492 e. The predicted octanol–water partition coefficient (Wildman–Crippen LogP) is 3.75. The molecule has 1 aromatic rings. The van der Waals surface area contributed by atoms with Crippen LogP contribution in [-0.2, 0) is 0 Å². The number of unbranched alkanes of at least 4 members (excludes halogenated alkanes) is 1. The lowest BCUT2D eigenvalue weighted by molar-refractivity contribution is 0.102. The number of amidine groups is 1. The molecule has 3 N–H and O–H groups in total. The zero-order valence-electron chi connectivity index (χ0n) is 11.1. The van der Waals surface area contributed by atoms with E-state index in [2.05, 4.69) is 6.92 Å². The third-order valence-electron chi connectivity index (χ3n) is 2.37. The first-order chi connectivity index (χ1) is 9.04. The molecular formula is C13H18Cl2N2O2S. The highest BCUT2D eigenvalue weighted by Crippen LogP contribution is 2.26. The van der Waals surface area contributed by atoms with Crippen LogP contribution in [0.3, 0.4) is 0 Å². The van der Waals surface area contributed by atoms with Gasteiger partial charge in [-0.05, 0) is 24.6 Å². The topological polar surface area (TPSA) is 76.2 Å². The van der Waals surface area contributed by atoms with E-state index in [1.165, 1.54) is 0 Å². The fourth-order valence-corrected chi connectivity index (χ4v) is 2.03. The molecule has 0 aliphatic carbocycles. The average molecular weight is 337 g/mol. The summed E-state index contributed by atoms with van der Waals surface area (Å²) in [6, 6.07) is 4.96. The van der Waals surface area contributed by atoms with Crippen LogP contribution in [0.1, 0.15) is 30.1 Å². The summed E-state index contributed by atoms with van der Waals surface area (Å²) in [5.74, 6) is 0.620. The van der Waals surface area contributed by atoms with Crippen molar-refractivity contribution >= 4 is 46.7 Å². The first-order valence-corrected chi connectivity index (χ1v) is 7.33. The summed E-state index contributed by atoms with van der Waals surface area (Å²) in [6.45, 7) is 2.70. The molecule has 0 aliphatic heterocycles. The van der Waals surface area contributed by atoms with E-state index in [-0.39, 0.29) is 29.1 Å². The highest BCUT2D eigenvalue weighted by Gasteiger charge is 2.10. The summed E-state index contributed by atoms with van der Waals surface area (Å²) < 4.78 is 5.51. The molecule has 0 atom stereocenters. The molecule has 0 radical (unpaired) electrons. The average Bonchev–Trinajstić information content (AvgIpc) is 2.38. The first-order valence-electron chi connectivity index (χ1n) is 5.97. The van der Waals surface area contributed by atoms with Crippen LogP contribution in [0.2, 0.25) is 5.02 Å². The zero-order chi connectivity index (χ0) is 14.3. The van der Waals surface area contributed by atoms with Crippen molar-refractivity contribution in [1.29, 1.82) is 5.41 Å². The number of hydrogen-bond acceptors (Lipinski definition) is 4. The number of benzene rings is 1. The van der Waals surface area contributed by atoms with Crippen molar-refractivity contribution in [1.82, 2.24) is 0 Å². The van der Waals surface area contributed by atoms with Crippen LogP contribution in [0, 0.1) is 5.41 Å². The molecular weight excluding hydrogens is 319 g/mol. The minimum atomic E-state index is -0.109. The van der Waals surface area contributed by atoms with Crippen molar-refractivity contribution in [3.63, 3.8) is 0 Å². The maximum Gasteiger partial charge on any atom is 0.173 e. The van der Waals surface area contributed by atoms with Crippen LogP contribution < -0.4 is 10.5 Å². The Bertz CT molecular complexity index is 470. The van der Waals surface area contributed by atoms with Crippen LogP contribution in [0.5, 0.6) is 5.75 Å². The fraction of sp³-hybridized carbons (Fsp3) is 0.385. The molecule has 1 aromatic carbocycles. The van der Waals surface area contributed by atoms with Gasteiger partial charge in [-0.15, -0.1) is 12.4 Å². The van der Waals surface area contributed by atoms with E-state index in [4.69, 9.17) is 27.5 Å². The van der Waals surface area contributed by atoms with E-state index in [9.17, 15) is 4.79 Å². The Kier molecular flexibility index (Phi) is 9.46. The third-order valence-corrected chi connectivity index (χ3v) is 3.38. The lowest BCUT2D eigenvalue weighted by atomic mass is 10.1. The number of thioether (sulfide) groups is 1. The number of hydrogen-bond donors (Lipinski definition) is 2. The van der Waals surface area contributed by atoms with Crippen molar-refractivity contribution in [3.8, 4) is 5.75 Å². The highest BCUT2D eigenvalue weighted by atomic mass is 35.5. The number of ether oxygens (including phenoxy) is 1. The van der Waals surface area contributed by atoms with Crippen molar-refractivity contribution in [2.75, 3.05) is 12.4 Å². The van der Waals surface area contributed by atoms with E-state index in [1.807, 2.05) is 0 Å². The number of rotatable bonds is 7. The van der Waals surface area contributed by atoms with Gasteiger partial charge in [-0.3, -0.25) is 10.2 Å². The van der Waals surface area contributed by atoms with Gasteiger partial charge in [0.1, 0.15) is 5.75 Å². The molecule has 0 saturated heterocycles. The lowest BCUT2D eigenvalue weighted by Gasteiger charge is -2.08. The van der Waals surface area contributed by atoms with Crippen LogP contribution in [0.4, 0.5) is 0 Å². The normalized spacial score (nSPS) is 9.70. The molecule has 0 unspecified atom stereocenters. The molecule has 4 nitrogen and oxygen atoms in total. The standard InChI is InChI=1S/C13H17ClN2O2S.ClH/c1-2-3-6-18-12-5-4-9(7-10(12)14)11(17)8-19-13(15)16;/h4-5,7H,2-3,6,8H2,1H3,(H3,15,16);1H. The zero-order valence-corrected chi connectivity index (χ0v) is 13.5. The van der Waals surface area contributed by atoms with E-state index < -0.39 is 0 Å². The molecule has 0 spiro atoms. The Morgan fingerprint density at radius 1 is 1.50 bits per heavy atom. The van der Waals surface area contributed by atoms with Gasteiger partial charge in [-0.2, -0.15) is 0 Å².